The van der Waals surface area contributed by atoms with Crippen molar-refractivity contribution in [1.29, 1.82) is 0 Å². The van der Waals surface area contributed by atoms with E-state index in [0.29, 0.717) is 18.5 Å². The summed E-state index contributed by atoms with van der Waals surface area (Å²) in [4.78, 5) is 17.7. The first-order valence-corrected chi connectivity index (χ1v) is 7.66. The first kappa shape index (κ1) is 17.9. The third kappa shape index (κ3) is 4.76. The molecule has 0 bridgehead atoms. The number of aromatic nitrogens is 2. The highest BCUT2D eigenvalue weighted by atomic mass is 19.1. The minimum absolute atomic E-state index is 0.228. The number of rotatable bonds is 6. The van der Waals surface area contributed by atoms with Gasteiger partial charge in [0, 0.05) is 19.2 Å². The number of nitrogens with zero attached hydrogens (tertiary/aromatic N) is 3. The zero-order valence-electron chi connectivity index (χ0n) is 13.9. The van der Waals surface area contributed by atoms with Gasteiger partial charge < -0.3 is 19.8 Å². The normalized spacial score (nSPS) is 13.4. The van der Waals surface area contributed by atoms with Gasteiger partial charge in [0.25, 0.3) is 0 Å². The van der Waals surface area contributed by atoms with Crippen LogP contribution in [-0.2, 0) is 0 Å². The number of urea groups is 1. The summed E-state index contributed by atoms with van der Waals surface area (Å²) in [6.45, 7) is 3.80. The number of amides is 2. The lowest BCUT2D eigenvalue weighted by Gasteiger charge is -2.20. The molecular weight excluding hydrogens is 315 g/mol. The predicted molar refractivity (Wildman–Crippen MR) is 85.6 cm³/mol. The van der Waals surface area contributed by atoms with E-state index in [1.807, 2.05) is 0 Å². The number of carbonyl (C=O) groups excluding carboxylic acids is 1. The first-order chi connectivity index (χ1) is 11.4. The summed E-state index contributed by atoms with van der Waals surface area (Å²) in [5.74, 6) is 0.0968. The lowest BCUT2D eigenvalue weighted by Crippen LogP contribution is -2.39. The average Bonchev–Trinajstić information content (AvgIpc) is 3.02. The molecule has 0 fully saturated rings. The Morgan fingerprint density at radius 2 is 2.21 bits per heavy atom. The van der Waals surface area contributed by atoms with Gasteiger partial charge in [-0.15, -0.1) is 0 Å². The lowest BCUT2D eigenvalue weighted by atomic mass is 10.2. The molecule has 2 atom stereocenters. The SMILES string of the molecule is CC(O)CCN(C)C(=O)NC(C)c1nc(-c2cccc(F)c2)no1. The van der Waals surface area contributed by atoms with Crippen molar-refractivity contribution < 1.29 is 18.8 Å². The van der Waals surface area contributed by atoms with E-state index in [9.17, 15) is 14.3 Å². The highest BCUT2D eigenvalue weighted by Gasteiger charge is 2.19. The largest absolute Gasteiger partial charge is 0.393 e. The maximum absolute atomic E-state index is 13.2. The summed E-state index contributed by atoms with van der Waals surface area (Å²) < 4.78 is 18.4. The molecule has 0 aliphatic carbocycles. The van der Waals surface area contributed by atoms with Gasteiger partial charge in [-0.1, -0.05) is 17.3 Å². The van der Waals surface area contributed by atoms with Crippen LogP contribution < -0.4 is 5.32 Å². The smallest absolute Gasteiger partial charge is 0.317 e. The quantitative estimate of drug-likeness (QED) is 0.845. The van der Waals surface area contributed by atoms with Crippen molar-refractivity contribution in [1.82, 2.24) is 20.4 Å². The van der Waals surface area contributed by atoms with Gasteiger partial charge in [-0.25, -0.2) is 9.18 Å². The van der Waals surface area contributed by atoms with Crippen LogP contribution in [0.2, 0.25) is 0 Å². The Kier molecular flexibility index (Phi) is 5.86. The van der Waals surface area contributed by atoms with Crippen LogP contribution in [0.15, 0.2) is 28.8 Å². The molecule has 1 aromatic heterocycles. The van der Waals surface area contributed by atoms with Crippen LogP contribution in [0.5, 0.6) is 0 Å². The molecule has 0 saturated carbocycles. The molecule has 0 saturated heterocycles. The fraction of sp³-hybridized carbons (Fsp3) is 0.438. The van der Waals surface area contributed by atoms with E-state index in [0.717, 1.165) is 0 Å². The van der Waals surface area contributed by atoms with Crippen LogP contribution in [-0.4, -0.2) is 45.9 Å². The van der Waals surface area contributed by atoms with Gasteiger partial charge in [0.05, 0.1) is 6.10 Å². The van der Waals surface area contributed by atoms with Gasteiger partial charge in [-0.3, -0.25) is 0 Å². The van der Waals surface area contributed by atoms with Crippen molar-refractivity contribution in [2.24, 2.45) is 0 Å². The van der Waals surface area contributed by atoms with Crippen molar-refractivity contribution in [3.63, 3.8) is 0 Å². The number of benzene rings is 1. The van der Waals surface area contributed by atoms with Gasteiger partial charge in [0.2, 0.25) is 11.7 Å². The number of nitrogens with one attached hydrogen (secondary N) is 1. The summed E-state index contributed by atoms with van der Waals surface area (Å²) >= 11 is 0. The Bertz CT molecular complexity index is 689. The summed E-state index contributed by atoms with van der Waals surface area (Å²) in [7, 11) is 1.64. The molecule has 24 heavy (non-hydrogen) atoms. The fourth-order valence-corrected chi connectivity index (χ4v) is 2.00. The fourth-order valence-electron chi connectivity index (χ4n) is 2.00. The van der Waals surface area contributed by atoms with E-state index in [-0.39, 0.29) is 23.6 Å². The van der Waals surface area contributed by atoms with Crippen molar-refractivity contribution >= 4 is 6.03 Å². The van der Waals surface area contributed by atoms with E-state index >= 15 is 0 Å². The van der Waals surface area contributed by atoms with Crippen LogP contribution in [0, 0.1) is 5.82 Å². The van der Waals surface area contributed by atoms with E-state index in [1.165, 1.54) is 17.0 Å². The minimum Gasteiger partial charge on any atom is -0.393 e. The van der Waals surface area contributed by atoms with Crippen LogP contribution in [0.3, 0.4) is 0 Å². The molecule has 1 aromatic carbocycles. The summed E-state index contributed by atoms with van der Waals surface area (Å²) in [5, 5.41) is 15.8. The number of aliphatic hydroxyl groups excluding tert-OH is 1. The summed E-state index contributed by atoms with van der Waals surface area (Å²) in [5.41, 5.74) is 0.498. The van der Waals surface area contributed by atoms with E-state index < -0.39 is 12.1 Å². The Balaban J connectivity index is 1.98. The van der Waals surface area contributed by atoms with Gasteiger partial charge >= 0.3 is 6.03 Å². The molecule has 2 unspecified atom stereocenters. The Morgan fingerprint density at radius 3 is 2.88 bits per heavy atom. The second-order valence-corrected chi connectivity index (χ2v) is 5.70. The molecule has 7 nitrogen and oxygen atoms in total. The zero-order valence-corrected chi connectivity index (χ0v) is 13.9. The molecule has 8 heteroatoms. The van der Waals surface area contributed by atoms with E-state index in [1.54, 1.807) is 33.0 Å². The average molecular weight is 336 g/mol. The van der Waals surface area contributed by atoms with Gasteiger partial charge in [0.1, 0.15) is 11.9 Å². The molecule has 2 rings (SSSR count). The molecule has 0 radical (unpaired) electrons. The van der Waals surface area contributed by atoms with E-state index in [2.05, 4.69) is 15.5 Å². The Labute approximate surface area is 139 Å². The van der Waals surface area contributed by atoms with Gasteiger partial charge in [-0.2, -0.15) is 4.98 Å². The van der Waals surface area contributed by atoms with Crippen molar-refractivity contribution in [2.45, 2.75) is 32.4 Å². The number of halogens is 1. The van der Waals surface area contributed by atoms with Crippen LogP contribution in [0.4, 0.5) is 9.18 Å². The highest BCUT2D eigenvalue weighted by Crippen LogP contribution is 2.19. The second kappa shape index (κ2) is 7.87. The van der Waals surface area contributed by atoms with Crippen molar-refractivity contribution in [3.8, 4) is 11.4 Å². The lowest BCUT2D eigenvalue weighted by molar-refractivity contribution is 0.161. The molecular formula is C16H21FN4O3. The zero-order chi connectivity index (χ0) is 17.7. The minimum atomic E-state index is -0.499. The summed E-state index contributed by atoms with van der Waals surface area (Å²) in [6.07, 6.45) is 0.0187. The molecule has 0 aliphatic rings. The number of hydrogen-bond acceptors (Lipinski definition) is 5. The maximum atomic E-state index is 13.2. The number of hydrogen-bond donors (Lipinski definition) is 2. The second-order valence-electron chi connectivity index (χ2n) is 5.70. The molecule has 2 N–H and O–H groups in total. The number of aliphatic hydroxyl groups is 1. The third-order valence-corrected chi connectivity index (χ3v) is 3.46. The Hall–Kier alpha value is -2.48. The maximum Gasteiger partial charge on any atom is 0.317 e. The van der Waals surface area contributed by atoms with Crippen LogP contribution >= 0.6 is 0 Å². The standard InChI is InChI=1S/C16H21FN4O3/c1-10(22)7-8-21(3)16(23)18-11(2)15-19-14(20-24-15)12-5-4-6-13(17)9-12/h4-6,9-11,22H,7-8H2,1-3H3,(H,18,23). The first-order valence-electron chi connectivity index (χ1n) is 7.66. The van der Waals surface area contributed by atoms with Crippen LogP contribution in [0.25, 0.3) is 11.4 Å². The topological polar surface area (TPSA) is 91.5 Å². The van der Waals surface area contributed by atoms with Gasteiger partial charge in [-0.05, 0) is 32.4 Å². The Morgan fingerprint density at radius 1 is 1.46 bits per heavy atom. The molecule has 130 valence electrons. The third-order valence-electron chi connectivity index (χ3n) is 3.46. The number of carbonyl (C=O) groups is 1. The van der Waals surface area contributed by atoms with Crippen LogP contribution in [0.1, 0.15) is 32.2 Å². The highest BCUT2D eigenvalue weighted by molar-refractivity contribution is 5.74. The molecule has 1 heterocycles. The van der Waals surface area contributed by atoms with Gasteiger partial charge in [0.15, 0.2) is 0 Å². The van der Waals surface area contributed by atoms with Crippen molar-refractivity contribution in [3.05, 3.63) is 36.0 Å². The van der Waals surface area contributed by atoms with E-state index in [4.69, 9.17) is 4.52 Å². The molecule has 2 aromatic rings. The molecule has 0 aliphatic heterocycles. The van der Waals surface area contributed by atoms with Crippen molar-refractivity contribution in [2.75, 3.05) is 13.6 Å². The molecule has 2 amide bonds. The molecule has 0 spiro atoms. The monoisotopic (exact) mass is 336 g/mol. The predicted octanol–water partition coefficient (Wildman–Crippen LogP) is 2.35. The summed E-state index contributed by atoms with van der Waals surface area (Å²) in [6, 6.07) is 5.06.